The van der Waals surface area contributed by atoms with E-state index in [9.17, 15) is 4.79 Å². The number of hydrogen-bond acceptors (Lipinski definition) is 10. The fourth-order valence-corrected chi connectivity index (χ4v) is 7.89. The minimum Gasteiger partial charge on any atom is -0.444 e. The molecular weight excluding hydrogens is 585 g/mol. The molecule has 11 nitrogen and oxygen atoms in total. The number of nitrogens with one attached hydrogen (secondary N) is 1. The Morgan fingerprint density at radius 3 is 2.67 bits per heavy atom. The monoisotopic (exact) mass is 620 g/mol. The number of carbonyl (C=O) groups excluding carboxylic acids is 1. The van der Waals surface area contributed by atoms with E-state index in [0.29, 0.717) is 19.1 Å². The number of amides is 1. The van der Waals surface area contributed by atoms with Gasteiger partial charge in [0.2, 0.25) is 0 Å². The number of hydrogen-bond donors (Lipinski definition) is 1. The molecule has 2 aliphatic heterocycles. The summed E-state index contributed by atoms with van der Waals surface area (Å²) >= 11 is 3.17. The number of anilines is 1. The van der Waals surface area contributed by atoms with Gasteiger partial charge in [0.15, 0.2) is 14.8 Å². The number of aromatic amines is 1. The Kier molecular flexibility index (Phi) is 7.34. The first-order chi connectivity index (χ1) is 20.7. The molecule has 2 aliphatic rings. The zero-order valence-electron chi connectivity index (χ0n) is 24.9. The molecule has 0 bridgehead atoms. The second-order valence-electron chi connectivity index (χ2n) is 12.3. The molecule has 13 heteroatoms. The summed E-state index contributed by atoms with van der Waals surface area (Å²) in [5.74, 6) is 0. The molecular formula is C30H36N8O3S2. The average Bonchev–Trinajstić information content (AvgIpc) is 3.80. The normalized spacial score (nSPS) is 18.5. The molecule has 0 aromatic carbocycles. The molecule has 43 heavy (non-hydrogen) atoms. The number of carbonyl (C=O) groups is 1. The molecule has 5 aromatic rings. The third-order valence-corrected chi connectivity index (χ3v) is 10.2. The number of H-pyrrole nitrogens is 1. The van der Waals surface area contributed by atoms with Gasteiger partial charge in [-0.05, 0) is 58.9 Å². The zero-order chi connectivity index (χ0) is 29.7. The molecule has 1 amide bonds. The van der Waals surface area contributed by atoms with Crippen molar-refractivity contribution < 1.29 is 14.3 Å². The van der Waals surface area contributed by atoms with Crippen molar-refractivity contribution in [1.82, 2.24) is 34.6 Å². The topological polar surface area (TPSA) is 114 Å². The van der Waals surface area contributed by atoms with Crippen LogP contribution in [0.2, 0.25) is 0 Å². The average molecular weight is 621 g/mol. The Balaban J connectivity index is 1.07. The Bertz CT molecular complexity index is 1720. The van der Waals surface area contributed by atoms with Crippen molar-refractivity contribution in [1.29, 1.82) is 0 Å². The first-order valence-corrected chi connectivity index (χ1v) is 16.5. The van der Waals surface area contributed by atoms with Crippen LogP contribution in [0.3, 0.4) is 0 Å². The summed E-state index contributed by atoms with van der Waals surface area (Å²) in [5.41, 5.74) is 3.34. The van der Waals surface area contributed by atoms with Crippen LogP contribution in [0.15, 0.2) is 30.9 Å². The van der Waals surface area contributed by atoms with E-state index in [2.05, 4.69) is 34.3 Å². The Morgan fingerprint density at radius 1 is 1.12 bits per heavy atom. The Labute approximate surface area is 257 Å². The molecule has 2 fully saturated rings. The van der Waals surface area contributed by atoms with E-state index < -0.39 is 5.60 Å². The second-order valence-corrected chi connectivity index (χ2v) is 14.2. The molecule has 7 heterocycles. The third-order valence-electron chi connectivity index (χ3n) is 8.09. The summed E-state index contributed by atoms with van der Waals surface area (Å²) < 4.78 is 13.4. The first-order valence-electron chi connectivity index (χ1n) is 14.8. The van der Waals surface area contributed by atoms with E-state index in [4.69, 9.17) is 24.4 Å². The lowest BCUT2D eigenvalue weighted by Gasteiger charge is -2.37. The van der Waals surface area contributed by atoms with Crippen molar-refractivity contribution >= 4 is 54.5 Å². The summed E-state index contributed by atoms with van der Waals surface area (Å²) in [5, 5.41) is 7.48. The number of rotatable bonds is 5. The van der Waals surface area contributed by atoms with Crippen molar-refractivity contribution in [2.24, 2.45) is 0 Å². The summed E-state index contributed by atoms with van der Waals surface area (Å²) in [6.45, 7) is 7.83. The summed E-state index contributed by atoms with van der Waals surface area (Å²) in [6.07, 6.45) is 12.6. The van der Waals surface area contributed by atoms with Crippen LogP contribution >= 0.6 is 22.7 Å². The summed E-state index contributed by atoms with van der Waals surface area (Å²) in [7, 11) is 2.09. The zero-order valence-corrected chi connectivity index (χ0v) is 26.5. The van der Waals surface area contributed by atoms with Gasteiger partial charge in [-0.25, -0.2) is 19.4 Å². The highest BCUT2D eigenvalue weighted by molar-refractivity contribution is 7.29. The number of fused-ring (bicyclic) bond motifs is 2. The molecule has 0 radical (unpaired) electrons. The number of ether oxygens (including phenoxy) is 2. The second kappa shape index (κ2) is 11.2. The Morgan fingerprint density at radius 2 is 1.93 bits per heavy atom. The smallest absolute Gasteiger partial charge is 0.410 e. The van der Waals surface area contributed by atoms with Gasteiger partial charge >= 0.3 is 6.09 Å². The van der Waals surface area contributed by atoms with Gasteiger partial charge in [0.05, 0.1) is 11.7 Å². The van der Waals surface area contributed by atoms with Crippen LogP contribution in [-0.4, -0.2) is 79.1 Å². The number of aromatic nitrogens is 6. The van der Waals surface area contributed by atoms with Gasteiger partial charge in [-0.2, -0.15) is 5.10 Å². The number of pyridine rings is 1. The lowest BCUT2D eigenvalue weighted by molar-refractivity contribution is -0.0394. The van der Waals surface area contributed by atoms with Crippen molar-refractivity contribution in [3.05, 3.63) is 30.9 Å². The van der Waals surface area contributed by atoms with Crippen LogP contribution in [0.1, 0.15) is 59.1 Å². The van der Waals surface area contributed by atoms with Crippen molar-refractivity contribution in [3.8, 4) is 21.8 Å². The molecule has 7 rings (SSSR count). The van der Waals surface area contributed by atoms with Gasteiger partial charge in [0.25, 0.3) is 0 Å². The van der Waals surface area contributed by atoms with Gasteiger partial charge in [-0.1, -0.05) is 22.7 Å². The summed E-state index contributed by atoms with van der Waals surface area (Å²) in [6, 6.07) is 2.39. The Hall–Kier alpha value is -3.55. The molecule has 1 unspecified atom stereocenters. The van der Waals surface area contributed by atoms with Gasteiger partial charge in [-0.15, -0.1) is 0 Å². The van der Waals surface area contributed by atoms with Crippen molar-refractivity contribution in [2.75, 3.05) is 31.6 Å². The fraction of sp³-hybridized carbons (Fsp3) is 0.500. The van der Waals surface area contributed by atoms with Gasteiger partial charge < -0.3 is 24.3 Å². The maximum atomic E-state index is 12.5. The number of nitrogens with zero attached hydrogens (tertiary/aromatic N) is 7. The number of piperidine rings is 1. The maximum Gasteiger partial charge on any atom is 0.410 e. The van der Waals surface area contributed by atoms with E-state index >= 15 is 0 Å². The van der Waals surface area contributed by atoms with Crippen LogP contribution in [0.4, 0.5) is 9.93 Å². The predicted octanol–water partition coefficient (Wildman–Crippen LogP) is 6.69. The highest BCUT2D eigenvalue weighted by Crippen LogP contribution is 2.40. The van der Waals surface area contributed by atoms with Crippen LogP contribution in [0.5, 0.6) is 0 Å². The van der Waals surface area contributed by atoms with E-state index in [1.807, 2.05) is 44.0 Å². The highest BCUT2D eigenvalue weighted by atomic mass is 32.1. The summed E-state index contributed by atoms with van der Waals surface area (Å²) in [4.78, 5) is 36.5. The fourth-order valence-electron chi connectivity index (χ4n) is 5.81. The minimum atomic E-state index is -0.484. The number of likely N-dealkylation sites (tertiary alicyclic amines) is 1. The van der Waals surface area contributed by atoms with Crippen LogP contribution in [-0.2, 0) is 9.47 Å². The highest BCUT2D eigenvalue weighted by Gasteiger charge is 2.30. The van der Waals surface area contributed by atoms with Crippen LogP contribution < -0.4 is 4.90 Å². The lowest BCUT2D eigenvalue weighted by atomic mass is 10.0. The van der Waals surface area contributed by atoms with Crippen molar-refractivity contribution in [3.63, 3.8) is 0 Å². The molecule has 0 aliphatic carbocycles. The molecule has 2 saturated heterocycles. The lowest BCUT2D eigenvalue weighted by Crippen LogP contribution is -2.47. The number of thiazole rings is 2. The van der Waals surface area contributed by atoms with E-state index in [-0.39, 0.29) is 12.3 Å². The molecule has 0 saturated carbocycles. The van der Waals surface area contributed by atoms with E-state index in [1.165, 1.54) is 0 Å². The van der Waals surface area contributed by atoms with E-state index in [1.54, 1.807) is 27.6 Å². The van der Waals surface area contributed by atoms with Gasteiger partial charge in [-0.3, -0.25) is 4.98 Å². The standard InChI is InChI=1S/C30H36N8O3S2/c1-30(2,3)41-29(39)37-12-9-19(10-13-37)36(4)28-35-27-26(43-28)34-25(42-27)24-23-20(8-11-31-23)21(16-32-24)18-15-33-38(17-18)22-7-5-6-14-40-22/h8,11,15-17,19,22,31H,5-7,9-10,12-14H2,1-4H3. The SMILES string of the molecule is CN(c1nc2sc(-c3ncc(-c4cnn(C5CCCCO5)c4)c4cc[nH]c34)nc2s1)C1CCN(C(=O)OC(C)(C)C)CC1. The first kappa shape index (κ1) is 28.2. The predicted molar refractivity (Wildman–Crippen MR) is 170 cm³/mol. The quantitative estimate of drug-likeness (QED) is 0.231. The molecule has 226 valence electrons. The molecule has 1 atom stereocenters. The third kappa shape index (κ3) is 5.61. The molecule has 1 N–H and O–H groups in total. The molecule has 0 spiro atoms. The van der Waals surface area contributed by atoms with Gasteiger partial charge in [0.1, 0.15) is 22.5 Å². The van der Waals surface area contributed by atoms with Gasteiger partial charge in [0, 0.05) is 67.9 Å². The van der Waals surface area contributed by atoms with Crippen LogP contribution in [0.25, 0.3) is 42.4 Å². The van der Waals surface area contributed by atoms with Crippen molar-refractivity contribution in [2.45, 2.75) is 70.7 Å². The van der Waals surface area contributed by atoms with E-state index in [0.717, 1.165) is 86.2 Å². The largest absolute Gasteiger partial charge is 0.444 e. The van der Waals surface area contributed by atoms with Crippen LogP contribution in [0, 0.1) is 0 Å². The molecule has 5 aromatic heterocycles. The minimum absolute atomic E-state index is 0.00110. The maximum absolute atomic E-state index is 12.5.